The normalized spacial score (nSPS) is 11.8. The number of hydrogen-bond donors (Lipinski definition) is 0. The number of aromatic nitrogens is 2. The minimum absolute atomic E-state index is 0.166. The second-order valence-corrected chi connectivity index (χ2v) is 7.98. The van der Waals surface area contributed by atoms with E-state index in [0.29, 0.717) is 12.0 Å². The number of nitrogens with zero attached hydrogens (tertiary/aromatic N) is 2. The molecule has 0 saturated carbocycles. The number of para-hydroxylation sites is 2. The lowest BCUT2D eigenvalue weighted by molar-refractivity contribution is 0.0961. The van der Waals surface area contributed by atoms with Crippen molar-refractivity contribution >= 4 is 27.0 Å². The molecule has 0 aliphatic rings. The van der Waals surface area contributed by atoms with Gasteiger partial charge in [-0.2, -0.15) is 3.97 Å². The summed E-state index contributed by atoms with van der Waals surface area (Å²) in [6, 6.07) is 13.4. The van der Waals surface area contributed by atoms with Gasteiger partial charge in [0.25, 0.3) is 5.91 Å². The van der Waals surface area contributed by atoms with Gasteiger partial charge < -0.3 is 0 Å². The van der Waals surface area contributed by atoms with Crippen molar-refractivity contribution in [2.24, 2.45) is 0 Å². The molecule has 1 aromatic heterocycles. The molecule has 0 amide bonds. The van der Waals surface area contributed by atoms with E-state index in [0.717, 1.165) is 20.5 Å². The molecule has 0 bridgehead atoms. The van der Waals surface area contributed by atoms with Crippen molar-refractivity contribution in [3.05, 3.63) is 70.1 Å². The first-order chi connectivity index (χ1) is 12.4. The number of fused-ring (bicyclic) bond motifs is 1. The summed E-state index contributed by atoms with van der Waals surface area (Å²) in [4.78, 5) is 25.8. The largest absolute Gasteiger partial charge is 0.350 e. The number of carbonyl (C=O) groups excluding carboxylic acids is 1. The van der Waals surface area contributed by atoms with Crippen LogP contribution in [0.15, 0.2) is 53.3 Å². The molecule has 2 aromatic carbocycles. The van der Waals surface area contributed by atoms with Crippen molar-refractivity contribution in [2.45, 2.75) is 26.7 Å². The van der Waals surface area contributed by atoms with Crippen LogP contribution in [0, 0.1) is 0 Å². The second kappa shape index (κ2) is 6.92. The van der Waals surface area contributed by atoms with Gasteiger partial charge in [0.05, 0.1) is 16.8 Å². The van der Waals surface area contributed by atoms with Gasteiger partial charge in [0.15, 0.2) is 0 Å². The first-order valence-electron chi connectivity index (χ1n) is 8.50. The summed E-state index contributed by atoms with van der Waals surface area (Å²) in [5, 5.41) is 0. The third kappa shape index (κ3) is 2.99. The molecule has 26 heavy (non-hydrogen) atoms. The van der Waals surface area contributed by atoms with Crippen LogP contribution in [0.3, 0.4) is 0 Å². The van der Waals surface area contributed by atoms with Gasteiger partial charge in [-0.05, 0) is 42.7 Å². The molecule has 0 fully saturated rings. The second-order valence-electron chi connectivity index (χ2n) is 6.04. The zero-order valence-electron chi connectivity index (χ0n) is 14.7. The van der Waals surface area contributed by atoms with E-state index in [-0.39, 0.29) is 16.8 Å². The smallest absolute Gasteiger partial charge is 0.268 e. The predicted molar refractivity (Wildman–Crippen MR) is 101 cm³/mol. The molecule has 0 unspecified atom stereocenters. The van der Waals surface area contributed by atoms with Gasteiger partial charge in [-0.25, -0.2) is 17.8 Å². The Balaban J connectivity index is 2.25. The Morgan fingerprint density at radius 1 is 0.962 bits per heavy atom. The number of aryl methyl sites for hydroxylation is 1. The van der Waals surface area contributed by atoms with Crippen molar-refractivity contribution in [3.63, 3.8) is 0 Å². The van der Waals surface area contributed by atoms with Crippen molar-refractivity contribution < 1.29 is 13.2 Å². The van der Waals surface area contributed by atoms with Gasteiger partial charge in [-0.15, -0.1) is 0 Å². The number of imidazole rings is 1. The van der Waals surface area contributed by atoms with E-state index in [1.807, 2.05) is 19.1 Å². The monoisotopic (exact) mass is 372 g/mol. The zero-order chi connectivity index (χ0) is 18.9. The number of carbonyl (C=O) groups is 1. The van der Waals surface area contributed by atoms with Crippen LogP contribution in [0.25, 0.3) is 11.0 Å². The highest BCUT2D eigenvalue weighted by molar-refractivity contribution is 7.90. The Labute approximate surface area is 151 Å². The molecule has 3 rings (SSSR count). The Morgan fingerprint density at radius 2 is 1.58 bits per heavy atom. The highest BCUT2D eigenvalue weighted by atomic mass is 32.2. The summed E-state index contributed by atoms with van der Waals surface area (Å²) in [7, 11) is -3.84. The standard InChI is InChI=1S/C19H20N2O4S/c1-3-13-26(24,25)21-17-8-6-5-7-16(17)20(19(21)23)18(22)15-11-9-14(4-2)10-12-15/h5-12H,3-4,13H2,1-2H3. The van der Waals surface area contributed by atoms with E-state index < -0.39 is 21.6 Å². The molecule has 0 aliphatic heterocycles. The molecule has 0 atom stereocenters. The fraction of sp³-hybridized carbons (Fsp3) is 0.263. The van der Waals surface area contributed by atoms with E-state index in [1.165, 1.54) is 6.07 Å². The van der Waals surface area contributed by atoms with E-state index >= 15 is 0 Å². The van der Waals surface area contributed by atoms with Crippen molar-refractivity contribution in [2.75, 3.05) is 5.75 Å². The summed E-state index contributed by atoms with van der Waals surface area (Å²) in [5.74, 6) is -0.709. The fourth-order valence-electron chi connectivity index (χ4n) is 2.95. The van der Waals surface area contributed by atoms with Crippen LogP contribution < -0.4 is 5.69 Å². The van der Waals surface area contributed by atoms with Gasteiger partial charge in [-0.1, -0.05) is 38.1 Å². The molecule has 0 aliphatic carbocycles. The minimum Gasteiger partial charge on any atom is -0.268 e. The predicted octanol–water partition coefficient (Wildman–Crippen LogP) is 2.64. The van der Waals surface area contributed by atoms with Gasteiger partial charge >= 0.3 is 5.69 Å². The molecule has 0 saturated heterocycles. The average Bonchev–Trinajstić information content (AvgIpc) is 2.93. The molecule has 1 heterocycles. The molecule has 6 nitrogen and oxygen atoms in total. The summed E-state index contributed by atoms with van der Waals surface area (Å²) in [5.41, 5.74) is 1.04. The van der Waals surface area contributed by atoms with Crippen LogP contribution in [0.1, 0.15) is 36.2 Å². The maximum Gasteiger partial charge on any atom is 0.350 e. The van der Waals surface area contributed by atoms with Gasteiger partial charge in [0.2, 0.25) is 10.0 Å². The Bertz CT molecular complexity index is 1120. The molecular formula is C19H20N2O4S. The Morgan fingerprint density at radius 3 is 2.15 bits per heavy atom. The maximum atomic E-state index is 12.9. The third-order valence-corrected chi connectivity index (χ3v) is 6.09. The molecule has 136 valence electrons. The minimum atomic E-state index is -3.84. The lowest BCUT2D eigenvalue weighted by atomic mass is 10.1. The molecular weight excluding hydrogens is 352 g/mol. The van der Waals surface area contributed by atoms with Crippen molar-refractivity contribution in [1.29, 1.82) is 0 Å². The van der Waals surface area contributed by atoms with E-state index in [4.69, 9.17) is 0 Å². The summed E-state index contributed by atoms with van der Waals surface area (Å²) >= 11 is 0. The van der Waals surface area contributed by atoms with E-state index in [9.17, 15) is 18.0 Å². The van der Waals surface area contributed by atoms with Crippen LogP contribution in [0.5, 0.6) is 0 Å². The molecule has 0 radical (unpaired) electrons. The number of benzene rings is 2. The lowest BCUT2D eigenvalue weighted by Gasteiger charge is -2.04. The third-order valence-electron chi connectivity index (χ3n) is 4.26. The zero-order valence-corrected chi connectivity index (χ0v) is 15.5. The van der Waals surface area contributed by atoms with Crippen LogP contribution in [0.2, 0.25) is 0 Å². The Kier molecular flexibility index (Phi) is 4.82. The van der Waals surface area contributed by atoms with Gasteiger partial charge in [0.1, 0.15) is 0 Å². The van der Waals surface area contributed by atoms with Crippen LogP contribution in [0.4, 0.5) is 0 Å². The fourth-order valence-corrected chi connectivity index (χ4v) is 4.42. The van der Waals surface area contributed by atoms with Gasteiger partial charge in [0, 0.05) is 5.56 Å². The first kappa shape index (κ1) is 18.1. The highest BCUT2D eigenvalue weighted by Crippen LogP contribution is 2.17. The molecule has 3 aromatic rings. The summed E-state index contributed by atoms with van der Waals surface area (Å²) < 4.78 is 26.8. The van der Waals surface area contributed by atoms with E-state index in [2.05, 4.69) is 0 Å². The van der Waals surface area contributed by atoms with Crippen LogP contribution >= 0.6 is 0 Å². The summed E-state index contributed by atoms with van der Waals surface area (Å²) in [6.45, 7) is 3.73. The summed E-state index contributed by atoms with van der Waals surface area (Å²) in [6.07, 6.45) is 1.21. The molecule has 7 heteroatoms. The quantitative estimate of drug-likeness (QED) is 0.690. The van der Waals surface area contributed by atoms with E-state index in [1.54, 1.807) is 37.3 Å². The van der Waals surface area contributed by atoms with Crippen LogP contribution in [-0.4, -0.2) is 28.6 Å². The highest BCUT2D eigenvalue weighted by Gasteiger charge is 2.25. The average molecular weight is 372 g/mol. The van der Waals surface area contributed by atoms with Crippen LogP contribution in [-0.2, 0) is 16.4 Å². The number of rotatable bonds is 5. The topological polar surface area (TPSA) is 78.1 Å². The number of hydrogen-bond acceptors (Lipinski definition) is 4. The first-order valence-corrected chi connectivity index (χ1v) is 10.1. The SMILES string of the molecule is CCCS(=O)(=O)n1c(=O)n(C(=O)c2ccc(CC)cc2)c2ccccc21. The Hall–Kier alpha value is -2.67. The van der Waals surface area contributed by atoms with Crippen molar-refractivity contribution in [3.8, 4) is 0 Å². The molecule has 0 spiro atoms. The lowest BCUT2D eigenvalue weighted by Crippen LogP contribution is -2.33. The maximum absolute atomic E-state index is 12.9. The van der Waals surface area contributed by atoms with Crippen molar-refractivity contribution in [1.82, 2.24) is 8.54 Å². The molecule has 0 N–H and O–H groups in total. The van der Waals surface area contributed by atoms with Gasteiger partial charge in [-0.3, -0.25) is 4.79 Å².